The number of aromatic nitrogens is 2. The number of alkyl halides is 3. The lowest BCUT2D eigenvalue weighted by Gasteiger charge is -2.30. The molecule has 0 saturated carbocycles. The van der Waals surface area contributed by atoms with Crippen molar-refractivity contribution in [2.24, 2.45) is 0 Å². The Morgan fingerprint density at radius 2 is 1.79 bits per heavy atom. The molecular weight excluding hydrogens is 403 g/mol. The standard InChI is InChI=1S/C20H20F3N3O2S/c21-20(22,23)16-5-3-4-14(12-16)13-29(27,28)26-10-8-15(9-11-26)19-24-17-6-1-2-7-18(17)25-19/h1-7,12,15H,8-11,13H2,(H,24,25). The summed E-state index contributed by atoms with van der Waals surface area (Å²) in [5.74, 6) is 0.537. The third-order valence-electron chi connectivity index (χ3n) is 5.25. The minimum atomic E-state index is -4.50. The molecule has 5 nitrogen and oxygen atoms in total. The van der Waals surface area contributed by atoms with Crippen molar-refractivity contribution in [3.05, 3.63) is 65.5 Å². The summed E-state index contributed by atoms with van der Waals surface area (Å²) < 4.78 is 65.4. The van der Waals surface area contributed by atoms with E-state index in [4.69, 9.17) is 0 Å². The molecular formula is C20H20F3N3O2S. The van der Waals surface area contributed by atoms with E-state index in [-0.39, 0.29) is 11.5 Å². The molecule has 1 saturated heterocycles. The lowest BCUT2D eigenvalue weighted by atomic mass is 9.97. The number of imidazole rings is 1. The Morgan fingerprint density at radius 1 is 1.07 bits per heavy atom. The molecule has 1 aliphatic rings. The molecule has 0 amide bonds. The van der Waals surface area contributed by atoms with Crippen molar-refractivity contribution in [1.82, 2.24) is 14.3 Å². The predicted molar refractivity (Wildman–Crippen MR) is 104 cm³/mol. The van der Waals surface area contributed by atoms with Crippen LogP contribution >= 0.6 is 0 Å². The van der Waals surface area contributed by atoms with Crippen molar-refractivity contribution < 1.29 is 21.6 Å². The molecule has 9 heteroatoms. The van der Waals surface area contributed by atoms with Crippen LogP contribution in [0.2, 0.25) is 0 Å². The van der Waals surface area contributed by atoms with Crippen molar-refractivity contribution in [3.63, 3.8) is 0 Å². The Kier molecular flexibility index (Phi) is 5.12. The molecule has 29 heavy (non-hydrogen) atoms. The van der Waals surface area contributed by atoms with E-state index in [0.717, 1.165) is 29.0 Å². The van der Waals surface area contributed by atoms with Crippen molar-refractivity contribution >= 4 is 21.1 Å². The summed E-state index contributed by atoms with van der Waals surface area (Å²) >= 11 is 0. The minimum Gasteiger partial charge on any atom is -0.342 e. The third kappa shape index (κ3) is 4.30. The number of hydrogen-bond donors (Lipinski definition) is 1. The summed E-state index contributed by atoms with van der Waals surface area (Å²) in [6.45, 7) is 0.645. The van der Waals surface area contributed by atoms with Gasteiger partial charge in [-0.3, -0.25) is 0 Å². The van der Waals surface area contributed by atoms with Gasteiger partial charge in [-0.15, -0.1) is 0 Å². The summed E-state index contributed by atoms with van der Waals surface area (Å²) in [6, 6.07) is 12.2. The monoisotopic (exact) mass is 423 g/mol. The fourth-order valence-electron chi connectivity index (χ4n) is 3.71. The van der Waals surface area contributed by atoms with Gasteiger partial charge in [-0.2, -0.15) is 13.2 Å². The molecule has 1 N–H and O–H groups in total. The van der Waals surface area contributed by atoms with E-state index in [2.05, 4.69) is 9.97 Å². The normalized spacial score (nSPS) is 17.1. The Bertz CT molecular complexity index is 1080. The van der Waals surface area contributed by atoms with Crippen LogP contribution in [0.15, 0.2) is 48.5 Å². The van der Waals surface area contributed by atoms with Crippen LogP contribution in [0.5, 0.6) is 0 Å². The average Bonchev–Trinajstić information content (AvgIpc) is 3.11. The Labute approximate surface area is 166 Å². The molecule has 1 aromatic heterocycles. The molecule has 0 unspecified atom stereocenters. The fourth-order valence-corrected chi connectivity index (χ4v) is 5.26. The number of nitrogens with zero attached hydrogens (tertiary/aromatic N) is 2. The van der Waals surface area contributed by atoms with E-state index in [0.29, 0.717) is 25.9 Å². The topological polar surface area (TPSA) is 66.1 Å². The zero-order chi connectivity index (χ0) is 20.6. The molecule has 0 spiro atoms. The maximum Gasteiger partial charge on any atom is 0.416 e. The molecule has 0 atom stereocenters. The number of fused-ring (bicyclic) bond motifs is 1. The lowest BCUT2D eigenvalue weighted by molar-refractivity contribution is -0.137. The quantitative estimate of drug-likeness (QED) is 0.681. The number of benzene rings is 2. The highest BCUT2D eigenvalue weighted by Crippen LogP contribution is 2.31. The SMILES string of the molecule is O=S(=O)(Cc1cccc(C(F)(F)F)c1)N1CCC(c2nc3ccccc3[nH]2)CC1. The average molecular weight is 423 g/mol. The molecule has 4 rings (SSSR count). The van der Waals surface area contributed by atoms with E-state index in [1.165, 1.54) is 16.4 Å². The summed E-state index contributed by atoms with van der Waals surface area (Å²) in [6.07, 6.45) is -3.27. The molecule has 1 aliphatic heterocycles. The Hall–Kier alpha value is -2.39. The first-order valence-electron chi connectivity index (χ1n) is 9.31. The van der Waals surface area contributed by atoms with E-state index >= 15 is 0 Å². The number of sulfonamides is 1. The maximum absolute atomic E-state index is 12.9. The number of hydrogen-bond acceptors (Lipinski definition) is 3. The lowest BCUT2D eigenvalue weighted by Crippen LogP contribution is -2.38. The molecule has 0 radical (unpaired) electrons. The van der Waals surface area contributed by atoms with E-state index in [1.807, 2.05) is 24.3 Å². The second-order valence-electron chi connectivity index (χ2n) is 7.27. The van der Waals surface area contributed by atoms with Gasteiger partial charge in [-0.25, -0.2) is 17.7 Å². The summed E-state index contributed by atoms with van der Waals surface area (Å²) in [5, 5.41) is 0. The van der Waals surface area contributed by atoms with Crippen LogP contribution in [0.25, 0.3) is 11.0 Å². The largest absolute Gasteiger partial charge is 0.416 e. The van der Waals surface area contributed by atoms with Gasteiger partial charge in [0.1, 0.15) is 5.82 Å². The highest BCUT2D eigenvalue weighted by molar-refractivity contribution is 7.88. The summed E-state index contributed by atoms with van der Waals surface area (Å²) in [4.78, 5) is 7.89. The summed E-state index contributed by atoms with van der Waals surface area (Å²) in [7, 11) is -3.69. The maximum atomic E-state index is 12.9. The first-order chi connectivity index (χ1) is 13.7. The van der Waals surface area contributed by atoms with E-state index in [9.17, 15) is 21.6 Å². The van der Waals surface area contributed by atoms with Crippen LogP contribution in [-0.2, 0) is 22.0 Å². The van der Waals surface area contributed by atoms with Crippen LogP contribution in [0, 0.1) is 0 Å². The molecule has 0 bridgehead atoms. The van der Waals surface area contributed by atoms with Gasteiger partial charge in [0.2, 0.25) is 10.0 Å². The number of rotatable bonds is 4. The number of para-hydroxylation sites is 2. The molecule has 154 valence electrons. The molecule has 2 aromatic carbocycles. The highest BCUT2D eigenvalue weighted by atomic mass is 32.2. The first kappa shape index (κ1) is 19.9. The number of nitrogens with one attached hydrogen (secondary N) is 1. The highest BCUT2D eigenvalue weighted by Gasteiger charge is 2.32. The van der Waals surface area contributed by atoms with Crippen LogP contribution in [-0.4, -0.2) is 35.8 Å². The number of halogens is 3. The summed E-state index contributed by atoms with van der Waals surface area (Å²) in [5.41, 5.74) is 1.12. The zero-order valence-electron chi connectivity index (χ0n) is 15.5. The Balaban J connectivity index is 1.43. The van der Waals surface area contributed by atoms with Crippen LogP contribution in [0.1, 0.15) is 35.7 Å². The van der Waals surface area contributed by atoms with Crippen molar-refractivity contribution in [3.8, 4) is 0 Å². The fraction of sp³-hybridized carbons (Fsp3) is 0.350. The van der Waals surface area contributed by atoms with E-state index in [1.54, 1.807) is 0 Å². The second-order valence-corrected chi connectivity index (χ2v) is 9.24. The third-order valence-corrected chi connectivity index (χ3v) is 7.10. The predicted octanol–water partition coefficient (Wildman–Crippen LogP) is 4.29. The Morgan fingerprint density at radius 3 is 2.48 bits per heavy atom. The smallest absolute Gasteiger partial charge is 0.342 e. The van der Waals surface area contributed by atoms with Gasteiger partial charge >= 0.3 is 6.18 Å². The number of aromatic amines is 1. The molecule has 3 aromatic rings. The molecule has 2 heterocycles. The van der Waals surface area contributed by atoms with Gasteiger partial charge in [0, 0.05) is 19.0 Å². The van der Waals surface area contributed by atoms with E-state index < -0.39 is 27.5 Å². The van der Waals surface area contributed by atoms with Gasteiger partial charge in [0.15, 0.2) is 0 Å². The van der Waals surface area contributed by atoms with Crippen LogP contribution < -0.4 is 0 Å². The number of piperidine rings is 1. The number of H-pyrrole nitrogens is 1. The van der Waals surface area contributed by atoms with Crippen molar-refractivity contribution in [2.45, 2.75) is 30.7 Å². The van der Waals surface area contributed by atoms with Gasteiger partial charge in [0.05, 0.1) is 22.3 Å². The minimum absolute atomic E-state index is 0.127. The van der Waals surface area contributed by atoms with Gasteiger partial charge < -0.3 is 4.98 Å². The zero-order valence-corrected chi connectivity index (χ0v) is 16.3. The molecule has 1 fully saturated rings. The van der Waals surface area contributed by atoms with Gasteiger partial charge in [-0.1, -0.05) is 30.3 Å². The molecule has 0 aliphatic carbocycles. The second kappa shape index (κ2) is 7.46. The van der Waals surface area contributed by atoms with Gasteiger partial charge in [0.25, 0.3) is 0 Å². The van der Waals surface area contributed by atoms with Crippen molar-refractivity contribution in [2.75, 3.05) is 13.1 Å². The van der Waals surface area contributed by atoms with Crippen LogP contribution in [0.4, 0.5) is 13.2 Å². The van der Waals surface area contributed by atoms with Crippen molar-refractivity contribution in [1.29, 1.82) is 0 Å². The van der Waals surface area contributed by atoms with Crippen LogP contribution in [0.3, 0.4) is 0 Å². The van der Waals surface area contributed by atoms with Gasteiger partial charge in [-0.05, 0) is 36.6 Å². The first-order valence-corrected chi connectivity index (χ1v) is 10.9.